The SMILES string of the molecule is CCOc1cccc(CC(C)(C(N)=O)S(=O)(=O)c2ccc(OC)cc2)c1. The maximum atomic E-state index is 13.1. The van der Waals surface area contributed by atoms with Crippen LogP contribution in [0.2, 0.25) is 0 Å². The van der Waals surface area contributed by atoms with E-state index in [2.05, 4.69) is 0 Å². The van der Waals surface area contributed by atoms with Crippen LogP contribution < -0.4 is 15.2 Å². The van der Waals surface area contributed by atoms with E-state index in [9.17, 15) is 13.2 Å². The minimum absolute atomic E-state index is 0.0144. The van der Waals surface area contributed by atoms with E-state index in [1.807, 2.05) is 6.92 Å². The van der Waals surface area contributed by atoms with Crippen LogP contribution in [0, 0.1) is 0 Å². The van der Waals surface area contributed by atoms with E-state index < -0.39 is 20.5 Å². The lowest BCUT2D eigenvalue weighted by Crippen LogP contribution is -2.49. The van der Waals surface area contributed by atoms with Gasteiger partial charge < -0.3 is 15.2 Å². The second-order valence-corrected chi connectivity index (χ2v) is 8.41. The zero-order chi connectivity index (χ0) is 19.4. The van der Waals surface area contributed by atoms with Gasteiger partial charge >= 0.3 is 0 Å². The quantitative estimate of drug-likeness (QED) is 0.762. The van der Waals surface area contributed by atoms with Crippen molar-refractivity contribution in [2.45, 2.75) is 29.9 Å². The average Bonchev–Trinajstić information content (AvgIpc) is 2.62. The first-order valence-electron chi connectivity index (χ1n) is 8.15. The predicted octanol–water partition coefficient (Wildman–Crippen LogP) is 2.35. The van der Waals surface area contributed by atoms with Crippen LogP contribution in [0.5, 0.6) is 11.5 Å². The first kappa shape index (κ1) is 19.8. The third kappa shape index (κ3) is 3.83. The summed E-state index contributed by atoms with van der Waals surface area (Å²) < 4.78 is 35.0. The molecule has 2 rings (SSSR count). The highest BCUT2D eigenvalue weighted by molar-refractivity contribution is 7.93. The molecule has 0 saturated carbocycles. The second kappa shape index (κ2) is 7.78. The van der Waals surface area contributed by atoms with E-state index in [0.29, 0.717) is 23.7 Å². The summed E-state index contributed by atoms with van der Waals surface area (Å²) in [4.78, 5) is 12.2. The molecule has 7 heteroatoms. The lowest BCUT2D eigenvalue weighted by atomic mass is 9.99. The van der Waals surface area contributed by atoms with Crippen molar-refractivity contribution < 1.29 is 22.7 Å². The smallest absolute Gasteiger partial charge is 0.239 e. The molecule has 6 nitrogen and oxygen atoms in total. The molecule has 0 spiro atoms. The van der Waals surface area contributed by atoms with E-state index in [-0.39, 0.29) is 11.3 Å². The maximum Gasteiger partial charge on any atom is 0.239 e. The van der Waals surface area contributed by atoms with Crippen molar-refractivity contribution in [2.75, 3.05) is 13.7 Å². The largest absolute Gasteiger partial charge is 0.497 e. The van der Waals surface area contributed by atoms with Crippen LogP contribution in [0.25, 0.3) is 0 Å². The molecule has 0 aromatic heterocycles. The van der Waals surface area contributed by atoms with Gasteiger partial charge in [-0.1, -0.05) is 12.1 Å². The highest BCUT2D eigenvalue weighted by Gasteiger charge is 2.46. The molecular formula is C19H23NO5S. The third-order valence-corrected chi connectivity index (χ3v) is 6.66. The fourth-order valence-electron chi connectivity index (χ4n) is 2.63. The summed E-state index contributed by atoms with van der Waals surface area (Å²) in [6.07, 6.45) is -0.0579. The van der Waals surface area contributed by atoms with Crippen molar-refractivity contribution in [3.05, 3.63) is 54.1 Å². The summed E-state index contributed by atoms with van der Waals surface area (Å²) in [5, 5.41) is 0. The fourth-order valence-corrected chi connectivity index (χ4v) is 4.27. The molecule has 1 atom stereocenters. The van der Waals surface area contributed by atoms with Crippen molar-refractivity contribution in [1.29, 1.82) is 0 Å². The molecule has 0 aliphatic rings. The van der Waals surface area contributed by atoms with Gasteiger partial charge in [-0.05, 0) is 55.8 Å². The van der Waals surface area contributed by atoms with Crippen molar-refractivity contribution in [2.24, 2.45) is 5.73 Å². The second-order valence-electron chi connectivity index (χ2n) is 6.03. The van der Waals surface area contributed by atoms with E-state index in [1.165, 1.54) is 38.3 Å². The van der Waals surface area contributed by atoms with Crippen LogP contribution >= 0.6 is 0 Å². The minimum Gasteiger partial charge on any atom is -0.497 e. The van der Waals surface area contributed by atoms with Gasteiger partial charge in [0.05, 0.1) is 18.6 Å². The van der Waals surface area contributed by atoms with E-state index >= 15 is 0 Å². The van der Waals surface area contributed by atoms with Crippen LogP contribution in [0.1, 0.15) is 19.4 Å². The van der Waals surface area contributed by atoms with Gasteiger partial charge in [0.25, 0.3) is 0 Å². The average molecular weight is 377 g/mol. The minimum atomic E-state index is -4.02. The number of carbonyl (C=O) groups is 1. The van der Waals surface area contributed by atoms with Crippen LogP contribution in [-0.2, 0) is 21.1 Å². The summed E-state index contributed by atoms with van der Waals surface area (Å²) in [6.45, 7) is 3.69. The number of rotatable bonds is 8. The molecule has 2 N–H and O–H groups in total. The van der Waals surface area contributed by atoms with Crippen molar-refractivity contribution in [3.8, 4) is 11.5 Å². The predicted molar refractivity (Wildman–Crippen MR) is 99.1 cm³/mol. The molecule has 0 bridgehead atoms. The normalized spacial score (nSPS) is 13.7. The molecular weight excluding hydrogens is 354 g/mol. The Hall–Kier alpha value is -2.54. The lowest BCUT2D eigenvalue weighted by molar-refractivity contribution is -0.120. The van der Waals surface area contributed by atoms with Crippen molar-refractivity contribution in [1.82, 2.24) is 0 Å². The molecule has 0 fully saturated rings. The molecule has 0 saturated heterocycles. The summed E-state index contributed by atoms with van der Waals surface area (Å²) in [7, 11) is -2.53. The molecule has 2 aromatic carbocycles. The van der Waals surface area contributed by atoms with E-state index in [0.717, 1.165) is 0 Å². The first-order chi connectivity index (χ1) is 12.2. The molecule has 0 radical (unpaired) electrons. The maximum absolute atomic E-state index is 13.1. The number of hydrogen-bond acceptors (Lipinski definition) is 5. The van der Waals surface area contributed by atoms with Crippen molar-refractivity contribution in [3.63, 3.8) is 0 Å². The monoisotopic (exact) mass is 377 g/mol. The van der Waals surface area contributed by atoms with Gasteiger partial charge in [0, 0.05) is 6.42 Å². The number of amides is 1. The zero-order valence-electron chi connectivity index (χ0n) is 15.1. The Morgan fingerprint density at radius 2 is 1.77 bits per heavy atom. The zero-order valence-corrected chi connectivity index (χ0v) is 15.9. The molecule has 0 aliphatic carbocycles. The topological polar surface area (TPSA) is 95.7 Å². The number of carbonyl (C=O) groups excluding carboxylic acids is 1. The number of sulfone groups is 1. The van der Waals surface area contributed by atoms with Crippen LogP contribution in [0.4, 0.5) is 0 Å². The van der Waals surface area contributed by atoms with Gasteiger partial charge in [-0.3, -0.25) is 4.79 Å². The Kier molecular flexibility index (Phi) is 5.92. The van der Waals surface area contributed by atoms with Crippen LogP contribution in [0.3, 0.4) is 0 Å². The highest BCUT2D eigenvalue weighted by Crippen LogP contribution is 2.31. The fraction of sp³-hybridized carbons (Fsp3) is 0.316. The number of benzene rings is 2. The number of primary amides is 1. The number of methoxy groups -OCH3 is 1. The van der Waals surface area contributed by atoms with Gasteiger partial charge in [0.2, 0.25) is 5.91 Å². The van der Waals surface area contributed by atoms with Crippen LogP contribution in [-0.4, -0.2) is 32.8 Å². The number of nitrogens with two attached hydrogens (primary N) is 1. The Morgan fingerprint density at radius 1 is 1.12 bits per heavy atom. The molecule has 1 amide bonds. The van der Waals surface area contributed by atoms with Crippen LogP contribution in [0.15, 0.2) is 53.4 Å². The molecule has 1 unspecified atom stereocenters. The Morgan fingerprint density at radius 3 is 2.31 bits per heavy atom. The molecule has 26 heavy (non-hydrogen) atoms. The van der Waals surface area contributed by atoms with Gasteiger partial charge in [-0.2, -0.15) is 0 Å². The number of ether oxygens (including phenoxy) is 2. The third-order valence-electron chi connectivity index (χ3n) is 4.23. The summed E-state index contributed by atoms with van der Waals surface area (Å²) in [6, 6.07) is 12.9. The first-order valence-corrected chi connectivity index (χ1v) is 9.63. The van der Waals surface area contributed by atoms with Gasteiger partial charge in [-0.15, -0.1) is 0 Å². The van der Waals surface area contributed by atoms with Gasteiger partial charge in [0.15, 0.2) is 14.6 Å². The van der Waals surface area contributed by atoms with E-state index in [1.54, 1.807) is 24.3 Å². The Balaban J connectivity index is 2.44. The highest BCUT2D eigenvalue weighted by atomic mass is 32.2. The van der Waals surface area contributed by atoms with Crippen molar-refractivity contribution >= 4 is 15.7 Å². The van der Waals surface area contributed by atoms with Gasteiger partial charge in [0.1, 0.15) is 11.5 Å². The summed E-state index contributed by atoms with van der Waals surface area (Å²) in [5.41, 5.74) is 6.17. The molecule has 0 heterocycles. The van der Waals surface area contributed by atoms with Gasteiger partial charge in [-0.25, -0.2) is 8.42 Å². The lowest BCUT2D eigenvalue weighted by Gasteiger charge is -2.26. The summed E-state index contributed by atoms with van der Waals surface area (Å²) in [5.74, 6) is 0.225. The molecule has 0 aliphatic heterocycles. The molecule has 140 valence electrons. The number of hydrogen-bond donors (Lipinski definition) is 1. The standard InChI is InChI=1S/C19H23NO5S/c1-4-25-16-7-5-6-14(12-16)13-19(2,18(20)21)26(22,23)17-10-8-15(24-3)9-11-17/h5-12H,4,13H2,1-3H3,(H2,20,21). The summed E-state index contributed by atoms with van der Waals surface area (Å²) >= 11 is 0. The van der Waals surface area contributed by atoms with E-state index in [4.69, 9.17) is 15.2 Å². The Bertz CT molecular complexity index is 877. The Labute approximate surface area is 153 Å². The molecule has 2 aromatic rings.